The Labute approximate surface area is 524 Å². The average Bonchev–Trinajstić information content (AvgIpc) is 1.72. The monoisotopic (exact) mass is 1280 g/mol. The highest BCUT2D eigenvalue weighted by atomic mass is 16.3. The molecule has 92 heavy (non-hydrogen) atoms. The van der Waals surface area contributed by atoms with Crippen LogP contribution in [0, 0.1) is 5.92 Å². The van der Waals surface area contributed by atoms with Gasteiger partial charge in [-0.3, -0.25) is 71.9 Å². The van der Waals surface area contributed by atoms with E-state index < -0.39 is 200 Å². The summed E-state index contributed by atoms with van der Waals surface area (Å²) in [6.07, 6.45) is -3.09. The van der Waals surface area contributed by atoms with Gasteiger partial charge in [0.2, 0.25) is 88.6 Å². The van der Waals surface area contributed by atoms with Crippen molar-refractivity contribution >= 4 is 110 Å². The molecule has 2 aromatic carbocycles. The molecule has 22 N–H and O–H groups in total. The highest BCUT2D eigenvalue weighted by Gasteiger charge is 2.43. The van der Waals surface area contributed by atoms with E-state index in [1.807, 2.05) is 0 Å². The standard InChI is InChI=1S/C58H77N17O17/c1-26(2)15-34-50(84)69-37(18-43(59)78)49(83)65-24-47(82)66-38(19-44(60)79)53(87)70-40(21-46(62)81)55(89)71-39(20-45(61)80)54(88)68-35(16-28-22-63-32-11-6-4-9-30(28)32)52(86)73-41(25-76)56(90)74-48(27(3)77)58(92)75-14-8-13-42(75)57(91)72-36(51(85)67-34)17-29-23-64-33-12-7-5-10-31(29)33/h4-7,9-12,22-23,26-27,34-42,48,63-64,76-77H,8,13-21,24-25H2,1-3H3,(H2,59,78)(H2,60,79)(H2,61,80)(H2,62,81)(H,65,83)(H,66,82)(H,67,85)(H,68,88)(H,69,84)(H,70,87)(H,71,89)(H,72,91)(H,73,86)(H,74,90)/t27-,34+,35+,36+,37+,38+,39+,40+,41+,42+,48+/m1/s1. The van der Waals surface area contributed by atoms with Crippen LogP contribution in [-0.4, -0.2) is 200 Å². The van der Waals surface area contributed by atoms with Crippen molar-refractivity contribution in [1.82, 2.24) is 68.0 Å². The van der Waals surface area contributed by atoms with Crippen LogP contribution < -0.4 is 76.1 Å². The van der Waals surface area contributed by atoms with Crippen LogP contribution in [0.25, 0.3) is 21.8 Å². The van der Waals surface area contributed by atoms with Crippen molar-refractivity contribution in [3.63, 3.8) is 0 Å². The number of benzene rings is 2. The number of hydrogen-bond donors (Lipinski definition) is 18. The van der Waals surface area contributed by atoms with E-state index in [1.54, 1.807) is 68.6 Å². The second-order valence-electron chi connectivity index (χ2n) is 22.8. The fourth-order valence-corrected chi connectivity index (χ4v) is 10.6. The predicted molar refractivity (Wildman–Crippen MR) is 323 cm³/mol. The summed E-state index contributed by atoms with van der Waals surface area (Å²) in [6.45, 7) is 2.21. The molecule has 4 aromatic rings. The first-order valence-electron chi connectivity index (χ1n) is 29.4. The van der Waals surface area contributed by atoms with Gasteiger partial charge in [0.15, 0.2) is 0 Å². The SMILES string of the molecule is CC(C)C[C@@H]1NC(=O)[C@H](Cc2c[nH]c3ccccc23)NC(=O)[C@@H]2CCCN2C(=O)[C@H]([C@@H](C)O)NC(=O)[C@H](CO)NC(=O)[C@H](Cc2c[nH]c3ccccc23)NC(=O)[C@H](CC(N)=O)NC(=O)[C@H](CC(N)=O)NC(=O)[C@H](CC(N)=O)NC(=O)CNC(=O)[C@H](CC(N)=O)NC1=O. The van der Waals surface area contributed by atoms with E-state index in [4.69, 9.17) is 22.9 Å². The van der Waals surface area contributed by atoms with Crippen molar-refractivity contribution in [2.75, 3.05) is 19.7 Å². The number of rotatable bonds is 16. The van der Waals surface area contributed by atoms with Crippen LogP contribution in [-0.2, 0) is 84.8 Å². The Hall–Kier alpha value is -10.5. The average molecular weight is 1280 g/mol. The number of hydrogen-bond acceptors (Lipinski definition) is 17. The van der Waals surface area contributed by atoms with Gasteiger partial charge in [0.05, 0.1) is 44.9 Å². The van der Waals surface area contributed by atoms with E-state index in [2.05, 4.69) is 63.1 Å². The number of H-pyrrole nitrogens is 2. The van der Waals surface area contributed by atoms with Gasteiger partial charge >= 0.3 is 0 Å². The van der Waals surface area contributed by atoms with Gasteiger partial charge < -0.3 is 101 Å². The Morgan fingerprint density at radius 1 is 0.500 bits per heavy atom. The molecule has 34 nitrogen and oxygen atoms in total. The molecule has 0 radical (unpaired) electrons. The fraction of sp³-hybridized carbons (Fsp3) is 0.466. The van der Waals surface area contributed by atoms with Gasteiger partial charge in [0, 0.05) is 53.6 Å². The summed E-state index contributed by atoms with van der Waals surface area (Å²) in [5.41, 5.74) is 23.9. The lowest BCUT2D eigenvalue weighted by Gasteiger charge is -2.32. The number of nitrogens with two attached hydrogens (primary N) is 4. The zero-order chi connectivity index (χ0) is 67.7. The molecule has 4 heterocycles. The molecule has 0 saturated carbocycles. The summed E-state index contributed by atoms with van der Waals surface area (Å²) < 4.78 is 0. The number of aliphatic hydroxyl groups excluding tert-OH is 2. The predicted octanol–water partition coefficient (Wildman–Crippen LogP) is -7.16. The topological polar surface area (TPSA) is 556 Å². The molecule has 2 aliphatic rings. The van der Waals surface area contributed by atoms with Crippen molar-refractivity contribution in [2.24, 2.45) is 28.9 Å². The lowest BCUT2D eigenvalue weighted by atomic mass is 10.00. The second-order valence-corrected chi connectivity index (χ2v) is 22.8. The zero-order valence-corrected chi connectivity index (χ0v) is 50.5. The molecule has 2 aromatic heterocycles. The number of aliphatic hydroxyl groups is 2. The molecule has 0 unspecified atom stereocenters. The minimum atomic E-state index is -2.07. The summed E-state index contributed by atoms with van der Waals surface area (Å²) in [6, 6.07) is -4.17. The first-order chi connectivity index (χ1) is 43.5. The molecule has 0 spiro atoms. The van der Waals surface area contributed by atoms with Crippen LogP contribution in [0.3, 0.4) is 0 Å². The van der Waals surface area contributed by atoms with Gasteiger partial charge in [0.1, 0.15) is 60.4 Å². The quantitative estimate of drug-likeness (QED) is 0.0496. The smallest absolute Gasteiger partial charge is 0.248 e. The Morgan fingerprint density at radius 2 is 0.880 bits per heavy atom. The summed E-state index contributed by atoms with van der Waals surface area (Å²) >= 11 is 0. The van der Waals surface area contributed by atoms with Gasteiger partial charge in [0.25, 0.3) is 0 Å². The largest absolute Gasteiger partial charge is 0.394 e. The van der Waals surface area contributed by atoms with Crippen LogP contribution in [0.1, 0.15) is 76.8 Å². The Kier molecular flexibility index (Phi) is 24.8. The number of para-hydroxylation sites is 2. The van der Waals surface area contributed by atoms with Crippen LogP contribution in [0.4, 0.5) is 0 Å². The van der Waals surface area contributed by atoms with Crippen molar-refractivity contribution in [3.8, 4) is 0 Å². The second kappa shape index (κ2) is 32.3. The maximum atomic E-state index is 14.7. The lowest BCUT2D eigenvalue weighted by Crippen LogP contribution is -2.62. The van der Waals surface area contributed by atoms with E-state index in [9.17, 15) is 82.1 Å². The van der Waals surface area contributed by atoms with Crippen molar-refractivity contribution in [2.45, 2.75) is 145 Å². The minimum absolute atomic E-state index is 0.00257. The Bertz CT molecular complexity index is 3480. The summed E-state index contributed by atoms with van der Waals surface area (Å²) in [7, 11) is 0. The third-order valence-electron chi connectivity index (χ3n) is 15.1. The molecule has 34 heteroatoms. The summed E-state index contributed by atoms with van der Waals surface area (Å²) in [5, 5.41) is 46.2. The summed E-state index contributed by atoms with van der Waals surface area (Å²) in [5.74, 6) is -18.0. The van der Waals surface area contributed by atoms with Gasteiger partial charge in [-0.05, 0) is 55.4 Å². The number of amides is 15. The van der Waals surface area contributed by atoms with Crippen LogP contribution in [0.2, 0.25) is 0 Å². The number of nitrogens with zero attached hydrogens (tertiary/aromatic N) is 1. The van der Waals surface area contributed by atoms with Gasteiger partial charge in [-0.15, -0.1) is 0 Å². The molecule has 15 amide bonds. The molecular weight excluding hydrogens is 1210 g/mol. The molecule has 496 valence electrons. The maximum absolute atomic E-state index is 14.7. The molecular formula is C58H77N17O17. The van der Waals surface area contributed by atoms with E-state index >= 15 is 0 Å². The third-order valence-corrected chi connectivity index (χ3v) is 15.1. The summed E-state index contributed by atoms with van der Waals surface area (Å²) in [4.78, 5) is 213. The van der Waals surface area contributed by atoms with Gasteiger partial charge in [-0.2, -0.15) is 0 Å². The van der Waals surface area contributed by atoms with Crippen molar-refractivity contribution in [3.05, 3.63) is 72.1 Å². The normalized spacial score (nSPS) is 24.7. The van der Waals surface area contributed by atoms with Crippen molar-refractivity contribution < 1.29 is 82.1 Å². The van der Waals surface area contributed by atoms with Crippen LogP contribution in [0.15, 0.2) is 60.9 Å². The molecule has 2 aliphatic heterocycles. The van der Waals surface area contributed by atoms with E-state index in [1.165, 1.54) is 6.20 Å². The zero-order valence-electron chi connectivity index (χ0n) is 50.5. The lowest BCUT2D eigenvalue weighted by molar-refractivity contribution is -0.145. The number of carbonyl (C=O) groups excluding carboxylic acids is 15. The number of aromatic amines is 2. The first kappa shape index (κ1) is 70.6. The number of nitrogens with one attached hydrogen (secondary N) is 12. The number of primary amides is 4. The molecule has 2 saturated heterocycles. The highest BCUT2D eigenvalue weighted by Crippen LogP contribution is 2.24. The van der Waals surface area contributed by atoms with E-state index in [0.29, 0.717) is 32.9 Å². The molecule has 2 fully saturated rings. The molecule has 11 atom stereocenters. The molecule has 0 aliphatic carbocycles. The first-order valence-corrected chi connectivity index (χ1v) is 29.4. The number of fused-ring (bicyclic) bond motifs is 3. The fourth-order valence-electron chi connectivity index (χ4n) is 10.6. The molecule has 0 bridgehead atoms. The van der Waals surface area contributed by atoms with Gasteiger partial charge in [-0.25, -0.2) is 0 Å². The Morgan fingerprint density at radius 3 is 1.33 bits per heavy atom. The third kappa shape index (κ3) is 19.5. The van der Waals surface area contributed by atoms with Crippen LogP contribution in [0.5, 0.6) is 0 Å². The minimum Gasteiger partial charge on any atom is -0.394 e. The van der Waals surface area contributed by atoms with E-state index in [0.717, 1.165) is 11.8 Å². The maximum Gasteiger partial charge on any atom is 0.248 e. The number of carbonyl (C=O) groups is 15. The Balaban J connectivity index is 1.40. The van der Waals surface area contributed by atoms with Gasteiger partial charge in [-0.1, -0.05) is 50.2 Å². The number of aromatic nitrogens is 2. The van der Waals surface area contributed by atoms with E-state index in [-0.39, 0.29) is 38.1 Å². The van der Waals surface area contributed by atoms with Crippen molar-refractivity contribution in [1.29, 1.82) is 0 Å². The highest BCUT2D eigenvalue weighted by molar-refractivity contribution is 6.02. The molecule has 6 rings (SSSR count). The van der Waals surface area contributed by atoms with Crippen LogP contribution >= 0.6 is 0 Å².